The lowest BCUT2D eigenvalue weighted by atomic mass is 9.90. The van der Waals surface area contributed by atoms with Crippen LogP contribution in [0.15, 0.2) is 35.3 Å². The van der Waals surface area contributed by atoms with E-state index in [1.807, 2.05) is 38.1 Å². The summed E-state index contributed by atoms with van der Waals surface area (Å²) in [5, 5.41) is 6.19. The second-order valence-electron chi connectivity index (χ2n) is 4.77. The highest BCUT2D eigenvalue weighted by atomic mass is 79.9. The summed E-state index contributed by atoms with van der Waals surface area (Å²) < 4.78 is 12.0. The molecule has 2 nitrogen and oxygen atoms in total. The first-order chi connectivity index (χ1) is 8.27. The van der Waals surface area contributed by atoms with Crippen LogP contribution in [0.2, 0.25) is 5.02 Å². The molecule has 0 fully saturated rings. The van der Waals surface area contributed by atoms with Crippen LogP contribution in [0.4, 0.5) is 0 Å². The summed E-state index contributed by atoms with van der Waals surface area (Å²) in [5.74, 6) is 0.0825. The Kier molecular flexibility index (Phi) is 5.59. The van der Waals surface area contributed by atoms with Gasteiger partial charge in [-0.2, -0.15) is 0 Å². The van der Waals surface area contributed by atoms with E-state index in [4.69, 9.17) is 16.7 Å². The lowest BCUT2D eigenvalue weighted by Crippen LogP contribution is -2.33. The number of nitrogens with two attached hydrogens (primary N) is 1. The predicted molar refractivity (Wildman–Crippen MR) is 83.1 cm³/mol. The van der Waals surface area contributed by atoms with E-state index in [0.29, 0.717) is 11.4 Å². The van der Waals surface area contributed by atoms with Gasteiger partial charge in [0.2, 0.25) is 0 Å². The zero-order valence-electron chi connectivity index (χ0n) is 10.5. The predicted octanol–water partition coefficient (Wildman–Crippen LogP) is 4.16. The standard InChI is InChI=1S/C13H17BrClNOS/c1-4-9(8-13(2,3)18(16)17)11-6-5-10(15)7-12(11)14/h4-7,9H,1,8,16H2,2-3H3/t9-,18?/m1/s1. The summed E-state index contributed by atoms with van der Waals surface area (Å²) in [6.07, 6.45) is 2.52. The fourth-order valence-corrected chi connectivity index (χ4v) is 3.05. The summed E-state index contributed by atoms with van der Waals surface area (Å²) >= 11 is 9.42. The maximum absolute atomic E-state index is 11.5. The van der Waals surface area contributed by atoms with Gasteiger partial charge in [-0.1, -0.05) is 39.7 Å². The summed E-state index contributed by atoms with van der Waals surface area (Å²) in [7, 11) is -1.37. The number of allylic oxidation sites excluding steroid dienone is 1. The van der Waals surface area contributed by atoms with E-state index in [2.05, 4.69) is 22.5 Å². The van der Waals surface area contributed by atoms with Crippen molar-refractivity contribution in [1.82, 2.24) is 0 Å². The molecule has 0 aliphatic heterocycles. The number of benzene rings is 1. The summed E-state index contributed by atoms with van der Waals surface area (Å²) in [6.45, 7) is 7.64. The van der Waals surface area contributed by atoms with E-state index in [1.165, 1.54) is 0 Å². The van der Waals surface area contributed by atoms with E-state index in [-0.39, 0.29) is 5.92 Å². The van der Waals surface area contributed by atoms with Crippen LogP contribution >= 0.6 is 27.5 Å². The average Bonchev–Trinajstić information content (AvgIpc) is 2.26. The molecule has 0 saturated heterocycles. The van der Waals surface area contributed by atoms with Crippen LogP contribution < -0.4 is 5.14 Å². The average molecular weight is 351 g/mol. The normalized spacial score (nSPS) is 15.2. The third-order valence-corrected chi connectivity index (χ3v) is 5.08. The molecule has 0 aliphatic carbocycles. The van der Waals surface area contributed by atoms with Crippen molar-refractivity contribution in [2.45, 2.75) is 30.9 Å². The number of hydrogen-bond donors (Lipinski definition) is 1. The molecule has 0 aliphatic rings. The van der Waals surface area contributed by atoms with Crippen molar-refractivity contribution in [3.05, 3.63) is 45.9 Å². The van der Waals surface area contributed by atoms with Crippen molar-refractivity contribution in [1.29, 1.82) is 0 Å². The van der Waals surface area contributed by atoms with E-state index >= 15 is 0 Å². The summed E-state index contributed by atoms with van der Waals surface area (Å²) in [4.78, 5) is 0. The molecule has 0 radical (unpaired) electrons. The Morgan fingerprint density at radius 3 is 2.67 bits per heavy atom. The molecule has 5 heteroatoms. The molecule has 1 aromatic carbocycles. The fraction of sp³-hybridized carbons (Fsp3) is 0.385. The van der Waals surface area contributed by atoms with Crippen LogP contribution in [-0.4, -0.2) is 8.96 Å². The molecule has 0 amide bonds. The minimum atomic E-state index is -1.37. The van der Waals surface area contributed by atoms with Gasteiger partial charge in [0.25, 0.3) is 0 Å². The first-order valence-corrected chi connectivity index (χ1v) is 7.90. The van der Waals surface area contributed by atoms with Gasteiger partial charge in [0.1, 0.15) is 0 Å². The molecule has 2 atom stereocenters. The van der Waals surface area contributed by atoms with Crippen LogP contribution in [0.25, 0.3) is 0 Å². The molecule has 0 spiro atoms. The maximum atomic E-state index is 11.5. The van der Waals surface area contributed by atoms with Crippen molar-refractivity contribution in [3.63, 3.8) is 0 Å². The quantitative estimate of drug-likeness (QED) is 0.796. The van der Waals surface area contributed by atoms with E-state index < -0.39 is 15.7 Å². The van der Waals surface area contributed by atoms with E-state index in [1.54, 1.807) is 0 Å². The van der Waals surface area contributed by atoms with E-state index in [0.717, 1.165) is 10.0 Å². The van der Waals surface area contributed by atoms with Gasteiger partial charge in [0.05, 0.1) is 15.7 Å². The van der Waals surface area contributed by atoms with Gasteiger partial charge in [0.15, 0.2) is 0 Å². The molecule has 1 unspecified atom stereocenters. The highest BCUT2D eigenvalue weighted by Crippen LogP contribution is 2.34. The third-order valence-electron chi connectivity index (χ3n) is 2.90. The van der Waals surface area contributed by atoms with Crippen LogP contribution in [-0.2, 0) is 11.0 Å². The van der Waals surface area contributed by atoms with Crippen molar-refractivity contribution in [2.75, 3.05) is 0 Å². The molecule has 0 saturated carbocycles. The first-order valence-electron chi connectivity index (χ1n) is 5.51. The van der Waals surface area contributed by atoms with Gasteiger partial charge < -0.3 is 0 Å². The van der Waals surface area contributed by atoms with Gasteiger partial charge >= 0.3 is 0 Å². The molecule has 0 bridgehead atoms. The number of rotatable bonds is 5. The van der Waals surface area contributed by atoms with Gasteiger partial charge in [-0.25, -0.2) is 4.21 Å². The molecular formula is C13H17BrClNOS. The van der Waals surface area contributed by atoms with Gasteiger partial charge in [-0.15, -0.1) is 6.58 Å². The third kappa shape index (κ3) is 3.92. The van der Waals surface area contributed by atoms with Gasteiger partial charge in [-0.3, -0.25) is 5.14 Å². The Morgan fingerprint density at radius 1 is 1.61 bits per heavy atom. The number of halogens is 2. The summed E-state index contributed by atoms with van der Waals surface area (Å²) in [5.41, 5.74) is 1.08. The lowest BCUT2D eigenvalue weighted by molar-refractivity contribution is 0.563. The Bertz CT molecular complexity index is 476. The molecule has 1 aromatic rings. The summed E-state index contributed by atoms with van der Waals surface area (Å²) in [6, 6.07) is 5.64. The SMILES string of the molecule is C=C[C@H](CC(C)(C)S(N)=O)c1ccc(Cl)cc1Br. The Labute approximate surface area is 124 Å². The van der Waals surface area contributed by atoms with Gasteiger partial charge in [0, 0.05) is 15.4 Å². The molecule has 0 aromatic heterocycles. The Morgan fingerprint density at radius 2 is 2.22 bits per heavy atom. The minimum absolute atomic E-state index is 0.0825. The largest absolute Gasteiger partial charge is 0.251 e. The zero-order valence-corrected chi connectivity index (χ0v) is 13.6. The molecule has 2 N–H and O–H groups in total. The molecule has 18 heavy (non-hydrogen) atoms. The molecule has 0 heterocycles. The van der Waals surface area contributed by atoms with Crippen molar-refractivity contribution < 1.29 is 4.21 Å². The van der Waals surface area contributed by atoms with Crippen LogP contribution in [0.1, 0.15) is 31.7 Å². The molecule has 100 valence electrons. The fourth-order valence-electron chi connectivity index (χ4n) is 1.73. The van der Waals surface area contributed by atoms with Crippen molar-refractivity contribution >= 4 is 38.5 Å². The Hall–Kier alpha value is -0.160. The van der Waals surface area contributed by atoms with Crippen LogP contribution in [0, 0.1) is 0 Å². The van der Waals surface area contributed by atoms with E-state index in [9.17, 15) is 4.21 Å². The minimum Gasteiger partial charge on any atom is -0.251 e. The number of hydrogen-bond acceptors (Lipinski definition) is 1. The molecular weight excluding hydrogens is 334 g/mol. The molecule has 1 rings (SSSR count). The van der Waals surface area contributed by atoms with Crippen molar-refractivity contribution in [3.8, 4) is 0 Å². The highest BCUT2D eigenvalue weighted by Gasteiger charge is 2.28. The van der Waals surface area contributed by atoms with Gasteiger partial charge in [-0.05, 0) is 38.0 Å². The van der Waals surface area contributed by atoms with Crippen LogP contribution in [0.5, 0.6) is 0 Å². The second-order valence-corrected chi connectivity index (χ2v) is 7.76. The Balaban J connectivity index is 3.04. The zero-order chi connectivity index (χ0) is 13.9. The smallest absolute Gasteiger partial charge is 0.0945 e. The monoisotopic (exact) mass is 349 g/mol. The van der Waals surface area contributed by atoms with Crippen LogP contribution in [0.3, 0.4) is 0 Å². The van der Waals surface area contributed by atoms with Crippen molar-refractivity contribution in [2.24, 2.45) is 5.14 Å². The maximum Gasteiger partial charge on any atom is 0.0945 e. The second kappa shape index (κ2) is 6.33. The lowest BCUT2D eigenvalue weighted by Gasteiger charge is -2.26. The topological polar surface area (TPSA) is 43.1 Å². The first kappa shape index (κ1) is 15.9. The highest BCUT2D eigenvalue weighted by molar-refractivity contribution is 9.10.